The van der Waals surface area contributed by atoms with E-state index in [9.17, 15) is 0 Å². The van der Waals surface area contributed by atoms with Crippen molar-refractivity contribution >= 4 is 11.6 Å². The molecule has 0 atom stereocenters. The molecule has 0 aromatic carbocycles. The molecule has 2 rings (SSSR count). The van der Waals surface area contributed by atoms with Gasteiger partial charge in [-0.15, -0.1) is 0 Å². The maximum absolute atomic E-state index is 6.03. The summed E-state index contributed by atoms with van der Waals surface area (Å²) in [5.74, 6) is 0.727. The Bertz CT molecular complexity index is 518. The van der Waals surface area contributed by atoms with Crippen LogP contribution in [0.15, 0.2) is 30.5 Å². The average molecular weight is 248 g/mol. The second-order valence-electron chi connectivity index (χ2n) is 4.86. The summed E-state index contributed by atoms with van der Waals surface area (Å²) < 4.78 is 0. The van der Waals surface area contributed by atoms with Gasteiger partial charge < -0.3 is 0 Å². The molecule has 0 fully saturated rings. The summed E-state index contributed by atoms with van der Waals surface area (Å²) in [6, 6.07) is 7.44. The Balaban J connectivity index is 2.54. The molecule has 0 N–H and O–H groups in total. The standard InChI is InChI=1S/C13H14ClN3/c1-13(2,3)12-16-10(8-11(14)17-12)9-6-4-5-7-15-9/h4-8H,1-3H3. The molecule has 0 bridgehead atoms. The number of hydrogen-bond acceptors (Lipinski definition) is 3. The van der Waals surface area contributed by atoms with E-state index in [4.69, 9.17) is 11.6 Å². The molecule has 0 aliphatic carbocycles. The van der Waals surface area contributed by atoms with E-state index in [0.29, 0.717) is 5.15 Å². The molecule has 17 heavy (non-hydrogen) atoms. The summed E-state index contributed by atoms with van der Waals surface area (Å²) in [5, 5.41) is 0.450. The van der Waals surface area contributed by atoms with Gasteiger partial charge in [-0.2, -0.15) is 0 Å². The lowest BCUT2D eigenvalue weighted by atomic mass is 9.95. The fourth-order valence-corrected chi connectivity index (χ4v) is 1.58. The van der Waals surface area contributed by atoms with Crippen LogP contribution in [-0.2, 0) is 5.41 Å². The van der Waals surface area contributed by atoms with Crippen molar-refractivity contribution in [3.8, 4) is 11.4 Å². The molecule has 0 saturated heterocycles. The molecule has 0 radical (unpaired) electrons. The van der Waals surface area contributed by atoms with Crippen molar-refractivity contribution in [2.24, 2.45) is 0 Å². The lowest BCUT2D eigenvalue weighted by Gasteiger charge is -2.17. The van der Waals surface area contributed by atoms with E-state index < -0.39 is 0 Å². The first-order valence-corrected chi connectivity index (χ1v) is 5.81. The molecule has 0 saturated carbocycles. The smallest absolute Gasteiger partial charge is 0.136 e. The van der Waals surface area contributed by atoms with E-state index in [2.05, 4.69) is 35.7 Å². The topological polar surface area (TPSA) is 38.7 Å². The Morgan fingerprint density at radius 2 is 1.82 bits per heavy atom. The molecule has 0 spiro atoms. The number of hydrogen-bond donors (Lipinski definition) is 0. The van der Waals surface area contributed by atoms with Crippen LogP contribution in [0.1, 0.15) is 26.6 Å². The van der Waals surface area contributed by atoms with Gasteiger partial charge in [0.05, 0.1) is 11.4 Å². The summed E-state index contributed by atoms with van der Waals surface area (Å²) in [6.07, 6.45) is 1.74. The van der Waals surface area contributed by atoms with Crippen molar-refractivity contribution in [2.75, 3.05) is 0 Å². The van der Waals surface area contributed by atoms with Crippen LogP contribution in [0.25, 0.3) is 11.4 Å². The predicted molar refractivity (Wildman–Crippen MR) is 69.0 cm³/mol. The maximum Gasteiger partial charge on any atom is 0.136 e. The minimum atomic E-state index is -0.131. The zero-order chi connectivity index (χ0) is 12.5. The highest BCUT2D eigenvalue weighted by atomic mass is 35.5. The van der Waals surface area contributed by atoms with Gasteiger partial charge in [-0.25, -0.2) is 9.97 Å². The van der Waals surface area contributed by atoms with Crippen molar-refractivity contribution in [1.29, 1.82) is 0 Å². The van der Waals surface area contributed by atoms with Crippen LogP contribution >= 0.6 is 11.6 Å². The third-order valence-corrected chi connectivity index (χ3v) is 2.49. The fourth-order valence-electron chi connectivity index (χ4n) is 1.40. The first-order chi connectivity index (χ1) is 7.97. The molecular formula is C13H14ClN3. The Morgan fingerprint density at radius 3 is 2.41 bits per heavy atom. The molecule has 3 nitrogen and oxygen atoms in total. The molecule has 4 heteroatoms. The highest BCUT2D eigenvalue weighted by Gasteiger charge is 2.19. The van der Waals surface area contributed by atoms with E-state index in [1.54, 1.807) is 12.3 Å². The molecule has 2 aromatic rings. The molecule has 2 aromatic heterocycles. The summed E-state index contributed by atoms with van der Waals surface area (Å²) in [6.45, 7) is 6.17. The van der Waals surface area contributed by atoms with Crippen LogP contribution < -0.4 is 0 Å². The average Bonchev–Trinajstić information content (AvgIpc) is 2.28. The van der Waals surface area contributed by atoms with Crippen molar-refractivity contribution in [1.82, 2.24) is 15.0 Å². The zero-order valence-electron chi connectivity index (χ0n) is 10.1. The number of pyridine rings is 1. The van der Waals surface area contributed by atoms with Crippen LogP contribution in [0.2, 0.25) is 5.15 Å². The third-order valence-electron chi connectivity index (χ3n) is 2.29. The minimum Gasteiger partial charge on any atom is -0.255 e. The number of nitrogens with zero attached hydrogens (tertiary/aromatic N) is 3. The molecule has 0 unspecified atom stereocenters. The zero-order valence-corrected chi connectivity index (χ0v) is 10.9. The SMILES string of the molecule is CC(C)(C)c1nc(Cl)cc(-c2ccccn2)n1. The number of halogens is 1. The van der Waals surface area contributed by atoms with E-state index in [1.807, 2.05) is 18.2 Å². The summed E-state index contributed by atoms with van der Waals surface area (Å²) in [4.78, 5) is 13.0. The van der Waals surface area contributed by atoms with Crippen molar-refractivity contribution in [3.63, 3.8) is 0 Å². The highest BCUT2D eigenvalue weighted by molar-refractivity contribution is 6.29. The fraction of sp³-hybridized carbons (Fsp3) is 0.308. The van der Waals surface area contributed by atoms with Crippen LogP contribution in [0.5, 0.6) is 0 Å². The molecular weight excluding hydrogens is 234 g/mol. The number of aromatic nitrogens is 3. The van der Waals surface area contributed by atoms with Crippen LogP contribution in [-0.4, -0.2) is 15.0 Å². The van der Waals surface area contributed by atoms with Gasteiger partial charge in [0.2, 0.25) is 0 Å². The van der Waals surface area contributed by atoms with Crippen LogP contribution in [0.4, 0.5) is 0 Å². The van der Waals surface area contributed by atoms with Crippen LogP contribution in [0.3, 0.4) is 0 Å². The normalized spacial score (nSPS) is 11.5. The van der Waals surface area contributed by atoms with Gasteiger partial charge in [-0.1, -0.05) is 38.4 Å². The Morgan fingerprint density at radius 1 is 1.06 bits per heavy atom. The van der Waals surface area contributed by atoms with Gasteiger partial charge in [0, 0.05) is 17.7 Å². The lowest BCUT2D eigenvalue weighted by molar-refractivity contribution is 0.546. The van der Waals surface area contributed by atoms with Gasteiger partial charge in [0.15, 0.2) is 0 Å². The van der Waals surface area contributed by atoms with Gasteiger partial charge in [-0.05, 0) is 12.1 Å². The predicted octanol–water partition coefficient (Wildman–Crippen LogP) is 3.49. The second-order valence-corrected chi connectivity index (χ2v) is 5.25. The van der Waals surface area contributed by atoms with Gasteiger partial charge in [0.1, 0.15) is 11.0 Å². The van der Waals surface area contributed by atoms with Crippen molar-refractivity contribution < 1.29 is 0 Å². The van der Waals surface area contributed by atoms with E-state index in [0.717, 1.165) is 17.2 Å². The molecule has 0 aliphatic rings. The lowest BCUT2D eigenvalue weighted by Crippen LogP contribution is -2.16. The summed E-state index contributed by atoms with van der Waals surface area (Å²) >= 11 is 6.03. The van der Waals surface area contributed by atoms with Gasteiger partial charge in [0.25, 0.3) is 0 Å². The quantitative estimate of drug-likeness (QED) is 0.724. The molecule has 88 valence electrons. The van der Waals surface area contributed by atoms with Crippen molar-refractivity contribution in [3.05, 3.63) is 41.4 Å². The largest absolute Gasteiger partial charge is 0.255 e. The van der Waals surface area contributed by atoms with Gasteiger partial charge in [-0.3, -0.25) is 4.98 Å². The Labute approximate surface area is 106 Å². The summed E-state index contributed by atoms with van der Waals surface area (Å²) in [5.41, 5.74) is 1.44. The number of rotatable bonds is 1. The monoisotopic (exact) mass is 247 g/mol. The first kappa shape index (κ1) is 12.0. The molecule has 2 heterocycles. The minimum absolute atomic E-state index is 0.131. The van der Waals surface area contributed by atoms with Crippen LogP contribution in [0, 0.1) is 0 Å². The molecule has 0 amide bonds. The van der Waals surface area contributed by atoms with E-state index in [1.165, 1.54) is 0 Å². The maximum atomic E-state index is 6.03. The third kappa shape index (κ3) is 2.80. The van der Waals surface area contributed by atoms with Gasteiger partial charge >= 0.3 is 0 Å². The van der Waals surface area contributed by atoms with E-state index >= 15 is 0 Å². The highest BCUT2D eigenvalue weighted by Crippen LogP contribution is 2.24. The Hall–Kier alpha value is -1.48. The van der Waals surface area contributed by atoms with E-state index in [-0.39, 0.29) is 5.41 Å². The first-order valence-electron chi connectivity index (χ1n) is 5.43. The Kier molecular flexibility index (Phi) is 3.11. The summed E-state index contributed by atoms with van der Waals surface area (Å²) in [7, 11) is 0. The second kappa shape index (κ2) is 4.41. The molecule has 0 aliphatic heterocycles. The van der Waals surface area contributed by atoms with Crippen molar-refractivity contribution in [2.45, 2.75) is 26.2 Å².